The highest BCUT2D eigenvalue weighted by atomic mass is 79.9. The lowest BCUT2D eigenvalue weighted by Gasteiger charge is -2.28. The Morgan fingerprint density at radius 1 is 1.41 bits per heavy atom. The molecular weight excluding hydrogens is 355 g/mol. The van der Waals surface area contributed by atoms with Crippen LogP contribution in [0.5, 0.6) is 0 Å². The molecule has 2 amide bonds. The van der Waals surface area contributed by atoms with Crippen LogP contribution < -0.4 is 10.6 Å². The number of hydrogen-bond donors (Lipinski definition) is 2. The Balaban J connectivity index is 2.45. The predicted molar refractivity (Wildman–Crippen MR) is 82.4 cm³/mol. The van der Waals surface area contributed by atoms with E-state index < -0.39 is 23.9 Å². The second-order valence-electron chi connectivity index (χ2n) is 5.20. The second-order valence-corrected chi connectivity index (χ2v) is 6.05. The summed E-state index contributed by atoms with van der Waals surface area (Å²) < 4.78 is 18.9. The number of esters is 1. The molecule has 1 aliphatic rings. The number of carbonyl (C=O) groups is 2. The maximum atomic E-state index is 13.4. The molecule has 2 N–H and O–H groups in total. The van der Waals surface area contributed by atoms with E-state index in [1.807, 2.05) is 0 Å². The van der Waals surface area contributed by atoms with Crippen molar-refractivity contribution in [2.45, 2.75) is 32.9 Å². The highest BCUT2D eigenvalue weighted by molar-refractivity contribution is 9.10. The molecule has 22 heavy (non-hydrogen) atoms. The summed E-state index contributed by atoms with van der Waals surface area (Å²) in [4.78, 5) is 24.0. The molecule has 1 unspecified atom stereocenters. The Morgan fingerprint density at radius 3 is 2.68 bits per heavy atom. The molecule has 0 spiro atoms. The van der Waals surface area contributed by atoms with Crippen molar-refractivity contribution < 1.29 is 18.7 Å². The number of benzene rings is 1. The predicted octanol–water partition coefficient (Wildman–Crippen LogP) is 3.17. The van der Waals surface area contributed by atoms with Crippen LogP contribution in [0.15, 0.2) is 33.9 Å². The number of rotatable bonds is 3. The molecule has 0 bridgehead atoms. The molecule has 1 atom stereocenters. The van der Waals surface area contributed by atoms with Crippen molar-refractivity contribution in [1.29, 1.82) is 0 Å². The highest BCUT2D eigenvalue weighted by Crippen LogP contribution is 2.30. The smallest absolute Gasteiger partial charge is 0.338 e. The largest absolute Gasteiger partial charge is 0.459 e. The van der Waals surface area contributed by atoms with Crippen LogP contribution in [0.3, 0.4) is 0 Å². The van der Waals surface area contributed by atoms with E-state index in [0.717, 1.165) is 0 Å². The van der Waals surface area contributed by atoms with Crippen LogP contribution in [0.1, 0.15) is 32.4 Å². The number of carbonyl (C=O) groups excluding carboxylic acids is 2. The molecule has 0 saturated heterocycles. The second kappa shape index (κ2) is 6.48. The van der Waals surface area contributed by atoms with Crippen LogP contribution in [-0.2, 0) is 9.53 Å². The van der Waals surface area contributed by atoms with Crippen LogP contribution >= 0.6 is 15.9 Å². The van der Waals surface area contributed by atoms with Crippen molar-refractivity contribution in [3.8, 4) is 0 Å². The lowest BCUT2D eigenvalue weighted by atomic mass is 9.95. The third-order valence-electron chi connectivity index (χ3n) is 3.11. The lowest BCUT2D eigenvalue weighted by molar-refractivity contribution is -0.143. The standard InChI is InChI=1S/C15H16BrFN2O3/c1-7(2)22-14(20)12-8(3)18-15(21)19-13(12)9-4-5-11(17)10(16)6-9/h4-7,13H,1-3H3,(H2,18,19,21). The molecule has 0 saturated carbocycles. The summed E-state index contributed by atoms with van der Waals surface area (Å²) in [7, 11) is 0. The Bertz CT molecular complexity index is 658. The molecule has 1 aliphatic heterocycles. The van der Waals surface area contributed by atoms with Gasteiger partial charge in [-0.2, -0.15) is 0 Å². The summed E-state index contributed by atoms with van der Waals surface area (Å²) in [5.74, 6) is -0.943. The van der Waals surface area contributed by atoms with Crippen LogP contribution in [0.4, 0.5) is 9.18 Å². The molecule has 0 radical (unpaired) electrons. The van der Waals surface area contributed by atoms with E-state index in [1.54, 1.807) is 20.8 Å². The molecule has 1 aromatic carbocycles. The molecule has 2 rings (SSSR count). The van der Waals surface area contributed by atoms with Gasteiger partial charge in [0, 0.05) is 5.70 Å². The molecule has 1 aromatic rings. The van der Waals surface area contributed by atoms with Crippen molar-refractivity contribution in [1.82, 2.24) is 10.6 Å². The van der Waals surface area contributed by atoms with Crippen molar-refractivity contribution >= 4 is 27.9 Å². The molecule has 118 valence electrons. The zero-order valence-corrected chi connectivity index (χ0v) is 14.0. The van der Waals surface area contributed by atoms with Gasteiger partial charge < -0.3 is 15.4 Å². The van der Waals surface area contributed by atoms with Gasteiger partial charge in [-0.3, -0.25) is 0 Å². The monoisotopic (exact) mass is 370 g/mol. The third kappa shape index (κ3) is 3.47. The normalized spacial score (nSPS) is 18.1. The fourth-order valence-corrected chi connectivity index (χ4v) is 2.58. The van der Waals surface area contributed by atoms with Crippen molar-refractivity contribution in [2.75, 3.05) is 0 Å². The van der Waals surface area contributed by atoms with Gasteiger partial charge in [-0.1, -0.05) is 6.07 Å². The number of hydrogen-bond acceptors (Lipinski definition) is 3. The fourth-order valence-electron chi connectivity index (χ4n) is 2.18. The lowest BCUT2D eigenvalue weighted by Crippen LogP contribution is -2.45. The molecule has 0 aliphatic carbocycles. The first-order valence-corrected chi connectivity index (χ1v) is 7.53. The van der Waals surface area contributed by atoms with E-state index in [-0.39, 0.29) is 10.6 Å². The maximum Gasteiger partial charge on any atom is 0.338 e. The van der Waals surface area contributed by atoms with Gasteiger partial charge in [-0.05, 0) is 54.4 Å². The zero-order valence-electron chi connectivity index (χ0n) is 12.4. The first-order valence-electron chi connectivity index (χ1n) is 6.73. The zero-order chi connectivity index (χ0) is 16.4. The Morgan fingerprint density at radius 2 is 2.09 bits per heavy atom. The minimum atomic E-state index is -0.697. The number of ether oxygens (including phenoxy) is 1. The first kappa shape index (κ1) is 16.5. The summed E-state index contributed by atoms with van der Waals surface area (Å²) in [5, 5.41) is 5.21. The van der Waals surface area contributed by atoms with Gasteiger partial charge in [0.2, 0.25) is 0 Å². The Kier molecular flexibility index (Phi) is 4.85. The van der Waals surface area contributed by atoms with E-state index in [1.165, 1.54) is 18.2 Å². The quantitative estimate of drug-likeness (QED) is 0.803. The molecule has 7 heteroatoms. The summed E-state index contributed by atoms with van der Waals surface area (Å²) in [5.41, 5.74) is 1.30. The number of urea groups is 1. The van der Waals surface area contributed by atoms with E-state index in [4.69, 9.17) is 4.74 Å². The number of nitrogens with one attached hydrogen (secondary N) is 2. The van der Waals surface area contributed by atoms with Crippen LogP contribution in [0.25, 0.3) is 0 Å². The number of allylic oxidation sites excluding steroid dienone is 1. The Labute approximate surface area is 136 Å². The molecule has 5 nitrogen and oxygen atoms in total. The van der Waals surface area contributed by atoms with E-state index in [0.29, 0.717) is 16.8 Å². The average Bonchev–Trinajstić information content (AvgIpc) is 2.39. The SMILES string of the molecule is CC1=C(C(=O)OC(C)C)C(c2ccc(F)c(Br)c2)NC(=O)N1. The van der Waals surface area contributed by atoms with Crippen LogP contribution in [-0.4, -0.2) is 18.1 Å². The van der Waals surface area contributed by atoms with Gasteiger partial charge in [0.05, 0.1) is 22.2 Å². The van der Waals surface area contributed by atoms with Crippen molar-refractivity contribution in [3.63, 3.8) is 0 Å². The van der Waals surface area contributed by atoms with E-state index >= 15 is 0 Å². The highest BCUT2D eigenvalue weighted by Gasteiger charge is 2.32. The average molecular weight is 371 g/mol. The van der Waals surface area contributed by atoms with Crippen molar-refractivity contribution in [2.24, 2.45) is 0 Å². The number of halogens is 2. The van der Waals surface area contributed by atoms with E-state index in [2.05, 4.69) is 26.6 Å². The summed E-state index contributed by atoms with van der Waals surface area (Å²) in [6.07, 6.45) is -0.286. The fraction of sp³-hybridized carbons (Fsp3) is 0.333. The van der Waals surface area contributed by atoms with Gasteiger partial charge in [0.1, 0.15) is 5.82 Å². The van der Waals surface area contributed by atoms with Gasteiger partial charge in [0.15, 0.2) is 0 Å². The maximum absolute atomic E-state index is 13.4. The molecule has 1 heterocycles. The van der Waals surface area contributed by atoms with Gasteiger partial charge in [0.25, 0.3) is 0 Å². The van der Waals surface area contributed by atoms with Gasteiger partial charge in [-0.15, -0.1) is 0 Å². The van der Waals surface area contributed by atoms with Gasteiger partial charge in [-0.25, -0.2) is 14.0 Å². The topological polar surface area (TPSA) is 67.4 Å². The number of amides is 2. The summed E-state index contributed by atoms with van der Waals surface area (Å²) in [6.45, 7) is 5.11. The first-order chi connectivity index (χ1) is 10.3. The summed E-state index contributed by atoms with van der Waals surface area (Å²) >= 11 is 3.10. The van der Waals surface area contributed by atoms with E-state index in [9.17, 15) is 14.0 Å². The van der Waals surface area contributed by atoms with Gasteiger partial charge >= 0.3 is 12.0 Å². The molecule has 0 fully saturated rings. The minimum Gasteiger partial charge on any atom is -0.459 e. The Hall–Kier alpha value is -1.89. The molecule has 0 aromatic heterocycles. The summed E-state index contributed by atoms with van der Waals surface area (Å²) in [6, 6.07) is 3.20. The van der Waals surface area contributed by atoms with Crippen LogP contribution in [0, 0.1) is 5.82 Å². The van der Waals surface area contributed by atoms with Crippen molar-refractivity contribution in [3.05, 3.63) is 45.3 Å². The van der Waals surface area contributed by atoms with Crippen LogP contribution in [0.2, 0.25) is 0 Å². The molecular formula is C15H16BrFN2O3. The minimum absolute atomic E-state index is 0.256. The third-order valence-corrected chi connectivity index (χ3v) is 3.72.